The van der Waals surface area contributed by atoms with Crippen molar-refractivity contribution in [2.45, 2.75) is 32.6 Å². The van der Waals surface area contributed by atoms with Crippen LogP contribution in [0.25, 0.3) is 0 Å². The molecule has 0 radical (unpaired) electrons. The van der Waals surface area contributed by atoms with Gasteiger partial charge in [-0.05, 0) is 62.8 Å². The fourth-order valence-corrected chi connectivity index (χ4v) is 2.76. The number of rotatable bonds is 9. The number of hydrogen-bond acceptors (Lipinski definition) is 2. The number of unbranched alkanes of at least 4 members (excludes halogenated alkanes) is 1. The highest BCUT2D eigenvalue weighted by molar-refractivity contribution is 9.28. The molecule has 1 aromatic rings. The van der Waals surface area contributed by atoms with Crippen molar-refractivity contribution >= 4 is 59.4 Å². The number of alkyl halides is 1. The Balaban J connectivity index is 2.86. The molecule has 0 saturated carbocycles. The second-order valence-corrected chi connectivity index (χ2v) is 9.00. The third kappa shape index (κ3) is 7.24. The Hall–Kier alpha value is 0.290. The van der Waals surface area contributed by atoms with Crippen molar-refractivity contribution in [2.75, 3.05) is 18.5 Å². The Morgan fingerprint density at radius 2 is 1.95 bits per heavy atom. The van der Waals surface area contributed by atoms with Crippen LogP contribution >= 0.6 is 59.4 Å². The van der Waals surface area contributed by atoms with Crippen LogP contribution in [0, 0.1) is 0 Å². The molecule has 0 atom stereocenters. The largest absolute Gasteiger partial charge is 0.492 e. The molecule has 6 heteroatoms. The first-order valence-corrected chi connectivity index (χ1v) is 10.2. The van der Waals surface area contributed by atoms with E-state index in [9.17, 15) is 0 Å². The molecule has 0 N–H and O–H groups in total. The summed E-state index contributed by atoms with van der Waals surface area (Å²) in [5.41, 5.74) is 1.07. The van der Waals surface area contributed by atoms with E-state index < -0.39 is 0 Å². The second-order valence-electron chi connectivity index (χ2n) is 5.03. The van der Waals surface area contributed by atoms with E-state index in [4.69, 9.17) is 21.1 Å². The molecule has 0 aliphatic heterocycles. The summed E-state index contributed by atoms with van der Waals surface area (Å²) in [4.78, 5) is 0. The Bertz CT molecular complexity index is 500. The van der Waals surface area contributed by atoms with Crippen LogP contribution in [0.2, 0.25) is 5.02 Å². The van der Waals surface area contributed by atoms with Crippen LogP contribution in [0.15, 0.2) is 21.6 Å². The predicted molar refractivity (Wildman–Crippen MR) is 105 cm³/mol. The van der Waals surface area contributed by atoms with Gasteiger partial charge in [0.1, 0.15) is 18.1 Å². The van der Waals surface area contributed by atoms with E-state index in [2.05, 4.69) is 61.6 Å². The molecule has 0 bridgehead atoms. The third-order valence-corrected chi connectivity index (χ3v) is 4.42. The molecule has 1 rings (SSSR count). The van der Waals surface area contributed by atoms with E-state index >= 15 is 0 Å². The molecule has 1 aromatic carbocycles. The van der Waals surface area contributed by atoms with E-state index in [0.717, 1.165) is 38.6 Å². The van der Waals surface area contributed by atoms with E-state index in [-0.39, 0.29) is 0 Å². The smallest absolute Gasteiger partial charge is 0.141 e. The van der Waals surface area contributed by atoms with E-state index in [1.54, 1.807) is 0 Å². The van der Waals surface area contributed by atoms with Crippen LogP contribution in [-0.2, 0) is 0 Å². The number of ether oxygens (including phenoxy) is 2. The van der Waals surface area contributed by atoms with Gasteiger partial charge >= 0.3 is 0 Å². The van der Waals surface area contributed by atoms with Gasteiger partial charge in [-0.2, -0.15) is 0 Å². The van der Waals surface area contributed by atoms with Gasteiger partial charge in [-0.1, -0.05) is 41.4 Å². The van der Waals surface area contributed by atoms with Gasteiger partial charge in [-0.15, -0.1) is 0 Å². The summed E-state index contributed by atoms with van der Waals surface area (Å²) in [7, 11) is 0. The Kier molecular flexibility index (Phi) is 10.1. The lowest BCUT2D eigenvalue weighted by Crippen LogP contribution is -2.04. The monoisotopic (exact) mass is 516 g/mol. The van der Waals surface area contributed by atoms with Crippen molar-refractivity contribution in [1.82, 2.24) is 0 Å². The molecule has 0 saturated heterocycles. The highest BCUT2D eigenvalue weighted by Crippen LogP contribution is 2.37. The fourth-order valence-electron chi connectivity index (χ4n) is 1.82. The Morgan fingerprint density at radius 1 is 1.23 bits per heavy atom. The van der Waals surface area contributed by atoms with Gasteiger partial charge < -0.3 is 9.47 Å². The van der Waals surface area contributed by atoms with Crippen LogP contribution in [0.1, 0.15) is 38.2 Å². The van der Waals surface area contributed by atoms with Gasteiger partial charge in [-0.3, -0.25) is 0 Å². The topological polar surface area (TPSA) is 18.5 Å². The van der Waals surface area contributed by atoms with Crippen LogP contribution in [-0.4, -0.2) is 18.5 Å². The van der Waals surface area contributed by atoms with E-state index in [0.29, 0.717) is 24.2 Å². The van der Waals surface area contributed by atoms with Crippen molar-refractivity contribution in [3.8, 4) is 11.5 Å². The minimum absolute atomic E-state index is 0.311. The molecule has 0 fully saturated rings. The van der Waals surface area contributed by atoms with Crippen LogP contribution in [0.4, 0.5) is 0 Å². The Morgan fingerprint density at radius 3 is 2.55 bits per heavy atom. The first kappa shape index (κ1) is 20.3. The summed E-state index contributed by atoms with van der Waals surface area (Å²) in [6, 6.07) is 3.82. The highest BCUT2D eigenvalue weighted by Gasteiger charge is 2.14. The number of hydrogen-bond donors (Lipinski definition) is 0. The molecule has 0 heterocycles. The summed E-state index contributed by atoms with van der Waals surface area (Å²) in [6.07, 6.45) is 3.97. The van der Waals surface area contributed by atoms with Gasteiger partial charge in [0.15, 0.2) is 0 Å². The maximum atomic E-state index is 6.38. The van der Waals surface area contributed by atoms with Crippen LogP contribution in [0.5, 0.6) is 11.5 Å². The van der Waals surface area contributed by atoms with E-state index in [1.807, 2.05) is 18.2 Å². The van der Waals surface area contributed by atoms with Gasteiger partial charge in [-0.25, -0.2) is 0 Å². The summed E-state index contributed by atoms with van der Waals surface area (Å²) >= 11 is 16.4. The first-order chi connectivity index (χ1) is 10.5. The third-order valence-electron chi connectivity index (χ3n) is 2.93. The number of halogens is 4. The van der Waals surface area contributed by atoms with Crippen LogP contribution < -0.4 is 9.47 Å². The molecule has 2 nitrogen and oxygen atoms in total. The van der Waals surface area contributed by atoms with Crippen molar-refractivity contribution in [3.05, 3.63) is 32.2 Å². The molecule has 0 amide bonds. The molecular weight excluding hydrogens is 499 g/mol. The van der Waals surface area contributed by atoms with Crippen molar-refractivity contribution < 1.29 is 9.47 Å². The van der Waals surface area contributed by atoms with E-state index in [1.165, 1.54) is 0 Å². The molecular formula is C16H20Br3ClO2. The normalized spacial score (nSPS) is 10.7. The average Bonchev–Trinajstić information content (AvgIpc) is 2.44. The molecule has 0 aromatic heterocycles. The molecule has 0 aliphatic carbocycles. The molecule has 0 unspecified atom stereocenters. The molecule has 124 valence electrons. The van der Waals surface area contributed by atoms with Gasteiger partial charge in [0.25, 0.3) is 0 Å². The van der Waals surface area contributed by atoms with Gasteiger partial charge in [0.2, 0.25) is 0 Å². The molecule has 22 heavy (non-hydrogen) atoms. The minimum atomic E-state index is 0.311. The van der Waals surface area contributed by atoms with Crippen molar-refractivity contribution in [1.29, 1.82) is 0 Å². The quantitative estimate of drug-likeness (QED) is 0.258. The van der Waals surface area contributed by atoms with Crippen molar-refractivity contribution in [3.63, 3.8) is 0 Å². The Labute approximate surface area is 163 Å². The SMILES string of the molecule is CC(C)c1cc(OCC=C(Br)Br)cc(Cl)c1OCCCCBr. The zero-order valence-corrected chi connectivity index (χ0v) is 18.2. The zero-order valence-electron chi connectivity index (χ0n) is 12.7. The summed E-state index contributed by atoms with van der Waals surface area (Å²) in [6.45, 7) is 5.38. The summed E-state index contributed by atoms with van der Waals surface area (Å²) < 4.78 is 12.5. The van der Waals surface area contributed by atoms with Gasteiger partial charge in [0, 0.05) is 17.0 Å². The zero-order chi connectivity index (χ0) is 16.5. The summed E-state index contributed by atoms with van der Waals surface area (Å²) in [5.74, 6) is 1.83. The number of benzene rings is 1. The van der Waals surface area contributed by atoms with Gasteiger partial charge in [0.05, 0.1) is 15.0 Å². The minimum Gasteiger partial charge on any atom is -0.492 e. The lowest BCUT2D eigenvalue weighted by Gasteiger charge is -2.17. The maximum absolute atomic E-state index is 6.38. The lowest BCUT2D eigenvalue weighted by atomic mass is 10.0. The lowest BCUT2D eigenvalue weighted by molar-refractivity contribution is 0.304. The summed E-state index contributed by atoms with van der Waals surface area (Å²) in [5, 5.41) is 1.59. The second kappa shape index (κ2) is 11.0. The maximum Gasteiger partial charge on any atom is 0.141 e. The molecule has 0 aliphatic rings. The standard InChI is InChI=1S/C16H20Br3ClO2/c1-11(2)13-9-12(21-8-5-15(18)19)10-14(20)16(13)22-7-4-3-6-17/h5,9-11H,3-4,6-8H2,1-2H3. The average molecular weight is 519 g/mol. The molecule has 0 spiro atoms. The fraction of sp³-hybridized carbons (Fsp3) is 0.500. The predicted octanol–water partition coefficient (Wildman–Crippen LogP) is 7.03. The first-order valence-electron chi connectivity index (χ1n) is 7.11. The highest BCUT2D eigenvalue weighted by atomic mass is 79.9. The van der Waals surface area contributed by atoms with Crippen molar-refractivity contribution in [2.24, 2.45) is 0 Å². The van der Waals surface area contributed by atoms with Crippen LogP contribution in [0.3, 0.4) is 0 Å².